The van der Waals surface area contributed by atoms with E-state index < -0.39 is 23.4 Å². The number of hydrogen-bond acceptors (Lipinski definition) is 7. The molecule has 1 fully saturated rings. The Labute approximate surface area is 222 Å². The number of benzene rings is 2. The molecule has 0 spiro atoms. The Balaban J connectivity index is 1.27. The number of carbonyl (C=O) groups excluding carboxylic acids is 1. The van der Waals surface area contributed by atoms with Crippen molar-refractivity contribution in [2.45, 2.75) is 6.92 Å². The van der Waals surface area contributed by atoms with E-state index in [1.807, 2.05) is 6.92 Å². The van der Waals surface area contributed by atoms with Crippen LogP contribution < -0.4 is 14.8 Å². The molecule has 3 heterocycles. The molecule has 0 aliphatic carbocycles. The lowest BCUT2D eigenvalue weighted by Crippen LogP contribution is -2.45. The van der Waals surface area contributed by atoms with E-state index in [2.05, 4.69) is 32.2 Å². The van der Waals surface area contributed by atoms with Crippen LogP contribution in [-0.2, 0) is 0 Å². The lowest BCUT2D eigenvalue weighted by Gasteiger charge is -2.32. The van der Waals surface area contributed by atoms with Gasteiger partial charge in [0.25, 0.3) is 5.91 Å². The maximum Gasteiger partial charge on any atom is 0.258 e. The van der Waals surface area contributed by atoms with E-state index in [1.165, 1.54) is 18.5 Å². The first-order chi connectivity index (χ1) is 18.8. The van der Waals surface area contributed by atoms with Gasteiger partial charge < -0.3 is 19.7 Å². The fourth-order valence-electron chi connectivity index (χ4n) is 4.32. The minimum Gasteiger partial charge on any atom is -0.490 e. The topological polar surface area (TPSA) is 84.2 Å². The summed E-state index contributed by atoms with van der Waals surface area (Å²) in [5, 5.41) is 6.60. The number of aryl methyl sites for hydroxylation is 1. The average Bonchev–Trinajstić information content (AvgIpc) is 3.23. The number of rotatable bonds is 8. The van der Waals surface area contributed by atoms with Gasteiger partial charge in [-0.2, -0.15) is 10.1 Å². The molecule has 4 aromatic rings. The Morgan fingerprint density at radius 2 is 1.82 bits per heavy atom. The fourth-order valence-corrected chi connectivity index (χ4v) is 4.32. The van der Waals surface area contributed by atoms with Crippen LogP contribution in [0.5, 0.6) is 17.4 Å². The van der Waals surface area contributed by atoms with E-state index in [1.54, 1.807) is 10.7 Å². The van der Waals surface area contributed by atoms with E-state index in [4.69, 9.17) is 9.47 Å². The number of hydrogen-bond donors (Lipinski definition) is 1. The summed E-state index contributed by atoms with van der Waals surface area (Å²) in [6.45, 7) is 7.21. The molecule has 2 aromatic heterocycles. The van der Waals surface area contributed by atoms with Gasteiger partial charge in [-0.15, -0.1) is 0 Å². The highest BCUT2D eigenvalue weighted by Crippen LogP contribution is 2.33. The number of piperazine rings is 1. The molecule has 0 bridgehead atoms. The standard InChI is InChI=1S/C27H27F3N6O3/c1-17-24(38-12-11-35-9-7-34(2)8-10-35)15-36-25(17)27(31-16-32-36)39-23-6-4-19(14-22(23)30)33-26(37)20-5-3-18(28)13-21(20)29/h3-6,13-16H,7-12H2,1-2H3,(H,33,37). The minimum atomic E-state index is -1.02. The third kappa shape index (κ3) is 5.96. The first kappa shape index (κ1) is 26.4. The second-order valence-corrected chi connectivity index (χ2v) is 9.30. The first-order valence-electron chi connectivity index (χ1n) is 12.4. The van der Waals surface area contributed by atoms with Crippen molar-refractivity contribution in [2.75, 3.05) is 51.7 Å². The third-order valence-corrected chi connectivity index (χ3v) is 6.58. The Morgan fingerprint density at radius 3 is 2.56 bits per heavy atom. The molecule has 1 aliphatic heterocycles. The highest BCUT2D eigenvalue weighted by molar-refractivity contribution is 6.04. The van der Waals surface area contributed by atoms with Gasteiger partial charge in [0, 0.05) is 56.1 Å². The summed E-state index contributed by atoms with van der Waals surface area (Å²) in [7, 11) is 2.11. The van der Waals surface area contributed by atoms with Gasteiger partial charge in [-0.1, -0.05) is 0 Å². The van der Waals surface area contributed by atoms with Crippen molar-refractivity contribution in [2.24, 2.45) is 0 Å². The number of aromatic nitrogens is 3. The molecule has 1 N–H and O–H groups in total. The van der Waals surface area contributed by atoms with Crippen LogP contribution >= 0.6 is 0 Å². The Kier molecular flexibility index (Phi) is 7.66. The Hall–Kier alpha value is -4.16. The maximum absolute atomic E-state index is 14.9. The average molecular weight is 541 g/mol. The predicted octanol–water partition coefficient (Wildman–Crippen LogP) is 4.13. The molecular weight excluding hydrogens is 513 g/mol. The number of ether oxygens (including phenoxy) is 2. The number of halogens is 3. The number of anilines is 1. The summed E-state index contributed by atoms with van der Waals surface area (Å²) < 4.78 is 55.3. The second-order valence-electron chi connectivity index (χ2n) is 9.30. The lowest BCUT2D eigenvalue weighted by atomic mass is 10.2. The van der Waals surface area contributed by atoms with Gasteiger partial charge in [0.2, 0.25) is 5.88 Å². The number of amides is 1. The van der Waals surface area contributed by atoms with Crippen molar-refractivity contribution in [3.8, 4) is 17.4 Å². The summed E-state index contributed by atoms with van der Waals surface area (Å²) in [6.07, 6.45) is 3.02. The van der Waals surface area contributed by atoms with Crippen LogP contribution in [0.15, 0.2) is 48.9 Å². The van der Waals surface area contributed by atoms with Crippen molar-refractivity contribution in [1.82, 2.24) is 24.4 Å². The molecule has 1 amide bonds. The van der Waals surface area contributed by atoms with Crippen LogP contribution in [0.3, 0.4) is 0 Å². The van der Waals surface area contributed by atoms with Crippen LogP contribution in [0, 0.1) is 24.4 Å². The van der Waals surface area contributed by atoms with Crippen molar-refractivity contribution < 1.29 is 27.4 Å². The highest BCUT2D eigenvalue weighted by Gasteiger charge is 2.19. The van der Waals surface area contributed by atoms with Gasteiger partial charge in [-0.25, -0.2) is 17.7 Å². The summed E-state index contributed by atoms with van der Waals surface area (Å²) in [4.78, 5) is 21.2. The molecule has 0 saturated carbocycles. The summed E-state index contributed by atoms with van der Waals surface area (Å²) in [5.41, 5.74) is 0.965. The molecule has 0 unspecified atom stereocenters. The van der Waals surface area contributed by atoms with Crippen molar-refractivity contribution in [1.29, 1.82) is 0 Å². The SMILES string of the molecule is Cc1c(OCCN2CCN(C)CC2)cn2ncnc(Oc3ccc(NC(=O)c4ccc(F)cc4F)cc3F)c12. The third-order valence-electron chi connectivity index (χ3n) is 6.58. The molecule has 1 aliphatic rings. The van der Waals surface area contributed by atoms with Crippen molar-refractivity contribution >= 4 is 17.1 Å². The number of nitrogens with one attached hydrogen (secondary N) is 1. The monoisotopic (exact) mass is 540 g/mol. The van der Waals surface area contributed by atoms with Gasteiger partial charge >= 0.3 is 0 Å². The van der Waals surface area contributed by atoms with E-state index in [-0.39, 0.29) is 22.9 Å². The molecule has 0 radical (unpaired) electrons. The van der Waals surface area contributed by atoms with Crippen molar-refractivity contribution in [3.05, 3.63) is 77.5 Å². The fraction of sp³-hybridized carbons (Fsp3) is 0.296. The van der Waals surface area contributed by atoms with E-state index in [9.17, 15) is 18.0 Å². The molecule has 1 saturated heterocycles. The van der Waals surface area contributed by atoms with E-state index in [0.29, 0.717) is 23.9 Å². The maximum atomic E-state index is 14.9. The summed E-state index contributed by atoms with van der Waals surface area (Å²) >= 11 is 0. The quantitative estimate of drug-likeness (QED) is 0.360. The van der Waals surface area contributed by atoms with Crippen LogP contribution in [-0.4, -0.2) is 76.7 Å². The van der Waals surface area contributed by atoms with Crippen LogP contribution in [0.2, 0.25) is 0 Å². The molecule has 5 rings (SSSR count). The van der Waals surface area contributed by atoms with Crippen LogP contribution in [0.4, 0.5) is 18.9 Å². The minimum absolute atomic E-state index is 0.0660. The molecule has 9 nitrogen and oxygen atoms in total. The molecule has 0 atom stereocenters. The number of carbonyl (C=O) groups is 1. The van der Waals surface area contributed by atoms with Gasteiger partial charge in [0.1, 0.15) is 35.8 Å². The van der Waals surface area contributed by atoms with Gasteiger partial charge in [0.15, 0.2) is 11.6 Å². The first-order valence-corrected chi connectivity index (χ1v) is 12.4. The van der Waals surface area contributed by atoms with E-state index in [0.717, 1.165) is 56.5 Å². The van der Waals surface area contributed by atoms with Crippen molar-refractivity contribution in [3.63, 3.8) is 0 Å². The molecule has 204 valence electrons. The second kappa shape index (κ2) is 11.3. The van der Waals surface area contributed by atoms with Gasteiger partial charge in [-0.05, 0) is 38.2 Å². The molecule has 2 aromatic carbocycles. The zero-order valence-corrected chi connectivity index (χ0v) is 21.5. The van der Waals surface area contributed by atoms with Gasteiger partial charge in [0.05, 0.1) is 11.8 Å². The zero-order valence-electron chi connectivity index (χ0n) is 21.5. The Morgan fingerprint density at radius 1 is 1.03 bits per heavy atom. The number of fused-ring (bicyclic) bond motifs is 1. The normalized spacial score (nSPS) is 14.5. The van der Waals surface area contributed by atoms with Crippen LogP contribution in [0.25, 0.3) is 5.52 Å². The largest absolute Gasteiger partial charge is 0.490 e. The molecule has 39 heavy (non-hydrogen) atoms. The Bertz CT molecular complexity index is 1500. The summed E-state index contributed by atoms with van der Waals surface area (Å²) in [5.74, 6) is -2.84. The molecule has 12 heteroatoms. The molecular formula is C27H27F3N6O3. The van der Waals surface area contributed by atoms with Crippen LogP contribution in [0.1, 0.15) is 15.9 Å². The summed E-state index contributed by atoms with van der Waals surface area (Å²) in [6, 6.07) is 6.32. The lowest BCUT2D eigenvalue weighted by molar-refractivity contribution is 0.102. The number of nitrogens with zero attached hydrogens (tertiary/aromatic N) is 5. The predicted molar refractivity (Wildman–Crippen MR) is 138 cm³/mol. The smallest absolute Gasteiger partial charge is 0.258 e. The zero-order chi connectivity index (χ0) is 27.5. The number of likely N-dealkylation sites (N-methyl/N-ethyl adjacent to an activating group) is 1. The van der Waals surface area contributed by atoms with E-state index >= 15 is 0 Å². The highest BCUT2D eigenvalue weighted by atomic mass is 19.1. The van der Waals surface area contributed by atoms with Gasteiger partial charge in [-0.3, -0.25) is 9.69 Å².